The Labute approximate surface area is 138 Å². The lowest BCUT2D eigenvalue weighted by atomic mass is 9.85. The van der Waals surface area contributed by atoms with E-state index in [-0.39, 0.29) is 24.7 Å². The Bertz CT molecular complexity index is 437. The zero-order valence-corrected chi connectivity index (χ0v) is 14.7. The second-order valence-corrected chi connectivity index (χ2v) is 7.14. The first-order chi connectivity index (χ1) is 10.8. The van der Waals surface area contributed by atoms with Crippen LogP contribution in [0.2, 0.25) is 0 Å². The van der Waals surface area contributed by atoms with Crippen LogP contribution in [0.15, 0.2) is 0 Å². The average Bonchev–Trinajstić information content (AvgIpc) is 2.82. The smallest absolute Gasteiger partial charge is 0.317 e. The number of urea groups is 1. The Morgan fingerprint density at radius 1 is 1.26 bits per heavy atom. The molecule has 23 heavy (non-hydrogen) atoms. The van der Waals surface area contributed by atoms with Crippen molar-refractivity contribution in [3.63, 3.8) is 0 Å². The zero-order chi connectivity index (χ0) is 17.1. The number of carboxylic acid groups (broad SMARTS) is 1. The molecule has 2 amide bonds. The number of rotatable bonds is 6. The SMILES string of the molecule is CCN(CC(=O)O)C1CC(NC(=O)N2CC(C)C(N(C)C)C2)C1. The average molecular weight is 326 g/mol. The minimum absolute atomic E-state index is 0.0194. The fourth-order valence-electron chi connectivity index (χ4n) is 3.73. The fraction of sp³-hybridized carbons (Fsp3) is 0.875. The van der Waals surface area contributed by atoms with Gasteiger partial charge in [-0.2, -0.15) is 0 Å². The molecule has 2 aliphatic rings. The molecular formula is C16H30N4O3. The molecule has 7 nitrogen and oxygen atoms in total. The minimum atomic E-state index is -0.792. The molecule has 0 aromatic rings. The van der Waals surface area contributed by atoms with Crippen LogP contribution < -0.4 is 5.32 Å². The van der Waals surface area contributed by atoms with Gasteiger partial charge in [-0.15, -0.1) is 0 Å². The van der Waals surface area contributed by atoms with E-state index < -0.39 is 5.97 Å². The van der Waals surface area contributed by atoms with Crippen LogP contribution in [0, 0.1) is 5.92 Å². The lowest BCUT2D eigenvalue weighted by Crippen LogP contribution is -2.56. The number of hydrogen-bond donors (Lipinski definition) is 2. The van der Waals surface area contributed by atoms with Crippen LogP contribution in [0.25, 0.3) is 0 Å². The van der Waals surface area contributed by atoms with E-state index >= 15 is 0 Å². The number of carbonyl (C=O) groups excluding carboxylic acids is 1. The lowest BCUT2D eigenvalue weighted by molar-refractivity contribution is -0.139. The topological polar surface area (TPSA) is 76.1 Å². The molecule has 2 unspecified atom stereocenters. The third kappa shape index (κ3) is 4.35. The molecule has 2 rings (SSSR count). The van der Waals surface area contributed by atoms with Crippen LogP contribution in [-0.2, 0) is 4.79 Å². The van der Waals surface area contributed by atoms with Crippen molar-refractivity contribution >= 4 is 12.0 Å². The molecule has 1 aliphatic carbocycles. The van der Waals surface area contributed by atoms with Gasteiger partial charge in [0.2, 0.25) is 0 Å². The Morgan fingerprint density at radius 3 is 2.39 bits per heavy atom. The van der Waals surface area contributed by atoms with E-state index in [1.807, 2.05) is 16.7 Å². The fourth-order valence-corrected chi connectivity index (χ4v) is 3.73. The highest BCUT2D eigenvalue weighted by Crippen LogP contribution is 2.26. The van der Waals surface area contributed by atoms with Crippen molar-refractivity contribution in [3.05, 3.63) is 0 Å². The van der Waals surface area contributed by atoms with E-state index in [9.17, 15) is 9.59 Å². The molecule has 1 heterocycles. The first-order valence-corrected chi connectivity index (χ1v) is 8.49. The van der Waals surface area contributed by atoms with Crippen LogP contribution in [0.1, 0.15) is 26.7 Å². The van der Waals surface area contributed by atoms with Gasteiger partial charge in [0.05, 0.1) is 6.54 Å². The summed E-state index contributed by atoms with van der Waals surface area (Å²) >= 11 is 0. The van der Waals surface area contributed by atoms with Crippen molar-refractivity contribution in [3.8, 4) is 0 Å². The first kappa shape index (κ1) is 18.0. The molecule has 0 aromatic heterocycles. The van der Waals surface area contributed by atoms with Gasteiger partial charge >= 0.3 is 12.0 Å². The number of carboxylic acids is 1. The number of likely N-dealkylation sites (N-methyl/N-ethyl adjacent to an activating group) is 2. The predicted molar refractivity (Wildman–Crippen MR) is 88.4 cm³/mol. The van der Waals surface area contributed by atoms with Crippen molar-refractivity contribution in [2.45, 2.75) is 44.8 Å². The second-order valence-electron chi connectivity index (χ2n) is 7.14. The highest BCUT2D eigenvalue weighted by Gasteiger charge is 2.38. The van der Waals surface area contributed by atoms with Gasteiger partial charge in [0, 0.05) is 31.2 Å². The maximum Gasteiger partial charge on any atom is 0.317 e. The number of carbonyl (C=O) groups is 2. The summed E-state index contributed by atoms with van der Waals surface area (Å²) in [5.74, 6) is -0.309. The van der Waals surface area contributed by atoms with Gasteiger partial charge in [0.15, 0.2) is 0 Å². The van der Waals surface area contributed by atoms with Gasteiger partial charge < -0.3 is 20.2 Å². The molecule has 2 atom stereocenters. The van der Waals surface area contributed by atoms with E-state index in [4.69, 9.17) is 5.11 Å². The quantitative estimate of drug-likeness (QED) is 0.744. The predicted octanol–water partition coefficient (Wildman–Crippen LogP) is 0.515. The van der Waals surface area contributed by atoms with E-state index in [1.165, 1.54) is 0 Å². The summed E-state index contributed by atoms with van der Waals surface area (Å²) in [4.78, 5) is 29.3. The standard InChI is InChI=1S/C16H30N4O3/c1-5-19(10-15(21)22)13-6-12(7-13)17-16(23)20-8-11(2)14(9-20)18(3)4/h11-14H,5-10H2,1-4H3,(H,17,23)(H,21,22). The summed E-state index contributed by atoms with van der Waals surface area (Å²) in [6.07, 6.45) is 1.68. The van der Waals surface area contributed by atoms with Crippen molar-refractivity contribution in [1.29, 1.82) is 0 Å². The van der Waals surface area contributed by atoms with Gasteiger partial charge in [-0.3, -0.25) is 9.69 Å². The summed E-state index contributed by atoms with van der Waals surface area (Å²) in [6, 6.07) is 0.879. The zero-order valence-electron chi connectivity index (χ0n) is 14.7. The molecule has 1 aliphatic heterocycles. The second kappa shape index (κ2) is 7.49. The molecule has 132 valence electrons. The van der Waals surface area contributed by atoms with Gasteiger partial charge in [-0.1, -0.05) is 13.8 Å². The van der Waals surface area contributed by atoms with Gasteiger partial charge in [-0.25, -0.2) is 4.79 Å². The maximum absolute atomic E-state index is 12.4. The highest BCUT2D eigenvalue weighted by molar-refractivity contribution is 5.75. The Balaban J connectivity index is 1.75. The molecule has 1 saturated carbocycles. The largest absolute Gasteiger partial charge is 0.480 e. The van der Waals surface area contributed by atoms with E-state index in [0.29, 0.717) is 12.0 Å². The number of nitrogens with zero attached hydrogens (tertiary/aromatic N) is 3. The van der Waals surface area contributed by atoms with Crippen molar-refractivity contribution < 1.29 is 14.7 Å². The van der Waals surface area contributed by atoms with Crippen molar-refractivity contribution in [2.75, 3.05) is 40.3 Å². The Morgan fingerprint density at radius 2 is 1.91 bits per heavy atom. The summed E-state index contributed by atoms with van der Waals surface area (Å²) in [5, 5.41) is 12.0. The molecule has 2 N–H and O–H groups in total. The lowest BCUT2D eigenvalue weighted by Gasteiger charge is -2.42. The monoisotopic (exact) mass is 326 g/mol. The number of aliphatic carboxylic acids is 1. The Kier molecular flexibility index (Phi) is 5.86. The number of nitrogens with one attached hydrogen (secondary N) is 1. The normalized spacial score (nSPS) is 30.6. The molecule has 0 bridgehead atoms. The van der Waals surface area contributed by atoms with Crippen LogP contribution in [0.3, 0.4) is 0 Å². The maximum atomic E-state index is 12.4. The molecule has 0 spiro atoms. The molecule has 7 heteroatoms. The van der Waals surface area contributed by atoms with Gasteiger partial charge in [0.1, 0.15) is 0 Å². The van der Waals surface area contributed by atoms with Crippen LogP contribution in [-0.4, -0.2) is 90.2 Å². The first-order valence-electron chi connectivity index (χ1n) is 8.49. The van der Waals surface area contributed by atoms with Gasteiger partial charge in [-0.05, 0) is 39.4 Å². The van der Waals surface area contributed by atoms with Gasteiger partial charge in [0.25, 0.3) is 0 Å². The highest BCUT2D eigenvalue weighted by atomic mass is 16.4. The Hall–Kier alpha value is -1.34. The van der Waals surface area contributed by atoms with Crippen molar-refractivity contribution in [2.24, 2.45) is 5.92 Å². The molecular weight excluding hydrogens is 296 g/mol. The summed E-state index contributed by atoms with van der Waals surface area (Å²) in [6.45, 7) is 6.53. The molecule has 0 radical (unpaired) electrons. The number of amides is 2. The van der Waals surface area contributed by atoms with Crippen LogP contribution in [0.5, 0.6) is 0 Å². The molecule has 1 saturated heterocycles. The number of likely N-dealkylation sites (tertiary alicyclic amines) is 1. The van der Waals surface area contributed by atoms with Crippen LogP contribution >= 0.6 is 0 Å². The summed E-state index contributed by atoms with van der Waals surface area (Å²) in [5.41, 5.74) is 0. The van der Waals surface area contributed by atoms with E-state index in [1.54, 1.807) is 0 Å². The third-order valence-corrected chi connectivity index (χ3v) is 5.22. The minimum Gasteiger partial charge on any atom is -0.480 e. The van der Waals surface area contributed by atoms with E-state index in [2.05, 4.69) is 31.2 Å². The van der Waals surface area contributed by atoms with E-state index in [0.717, 1.165) is 32.5 Å². The summed E-state index contributed by atoms with van der Waals surface area (Å²) < 4.78 is 0. The van der Waals surface area contributed by atoms with Crippen molar-refractivity contribution in [1.82, 2.24) is 20.0 Å². The molecule has 2 fully saturated rings. The van der Waals surface area contributed by atoms with Crippen LogP contribution in [0.4, 0.5) is 4.79 Å². The third-order valence-electron chi connectivity index (χ3n) is 5.22. The molecule has 0 aromatic carbocycles. The number of hydrogen-bond acceptors (Lipinski definition) is 4. The summed E-state index contributed by atoms with van der Waals surface area (Å²) in [7, 11) is 4.11.